The van der Waals surface area contributed by atoms with Gasteiger partial charge < -0.3 is 29.2 Å². The van der Waals surface area contributed by atoms with Gasteiger partial charge in [0.1, 0.15) is 37.9 Å². The van der Waals surface area contributed by atoms with E-state index in [0.29, 0.717) is 22.6 Å². The number of carbonyl (C=O) groups is 4. The molecule has 0 bridgehead atoms. The highest BCUT2D eigenvalue weighted by molar-refractivity contribution is 5.87. The van der Waals surface area contributed by atoms with Gasteiger partial charge in [-0.3, -0.25) is 0 Å². The van der Waals surface area contributed by atoms with Gasteiger partial charge in [0.25, 0.3) is 0 Å². The second kappa shape index (κ2) is 19.9. The van der Waals surface area contributed by atoms with Gasteiger partial charge in [-0.2, -0.15) is 0 Å². The Morgan fingerprint density at radius 1 is 0.651 bits per heavy atom. The third-order valence-corrected chi connectivity index (χ3v) is 5.37. The van der Waals surface area contributed by atoms with Crippen molar-refractivity contribution in [1.82, 2.24) is 0 Å². The second-order valence-electron chi connectivity index (χ2n) is 9.29. The van der Waals surface area contributed by atoms with Crippen LogP contribution in [0.15, 0.2) is 98.1 Å². The van der Waals surface area contributed by atoms with Crippen molar-refractivity contribution in [2.24, 2.45) is 0 Å². The maximum atomic E-state index is 11.4. The van der Waals surface area contributed by atoms with Crippen LogP contribution in [0.1, 0.15) is 38.8 Å². The first-order valence-corrected chi connectivity index (χ1v) is 13.0. The molecule has 10 nitrogen and oxygen atoms in total. The van der Waals surface area contributed by atoms with Crippen LogP contribution < -0.4 is 9.47 Å². The van der Waals surface area contributed by atoms with Crippen LogP contribution in [-0.2, 0) is 34.1 Å². The maximum absolute atomic E-state index is 11.4. The normalized spacial score (nSPS) is 9.77. The van der Waals surface area contributed by atoms with Crippen molar-refractivity contribution in [3.8, 4) is 11.5 Å². The van der Waals surface area contributed by atoms with E-state index in [1.54, 1.807) is 13.8 Å². The molecule has 2 rings (SSSR count). The number of ether oxygens (including phenoxy) is 4. The third-order valence-electron chi connectivity index (χ3n) is 5.37. The Balaban J connectivity index is 0.00000152. The Morgan fingerprint density at radius 3 is 1.16 bits per heavy atom. The van der Waals surface area contributed by atoms with Gasteiger partial charge in [-0.15, -0.1) is 0 Å². The van der Waals surface area contributed by atoms with E-state index in [0.717, 1.165) is 23.3 Å². The Morgan fingerprint density at radius 2 is 0.930 bits per heavy atom. The molecule has 0 atom stereocenters. The number of aliphatic carboxylic acids is 2. The number of carbonyl (C=O) groups excluding carboxylic acids is 2. The molecule has 0 heterocycles. The molecule has 2 aromatic carbocycles. The van der Waals surface area contributed by atoms with Crippen LogP contribution in [-0.4, -0.2) is 60.5 Å². The summed E-state index contributed by atoms with van der Waals surface area (Å²) in [4.78, 5) is 41.2. The van der Waals surface area contributed by atoms with E-state index in [9.17, 15) is 19.2 Å². The first kappa shape index (κ1) is 37.9. The first-order valence-electron chi connectivity index (χ1n) is 13.0. The highest BCUT2D eigenvalue weighted by Gasteiger charge is 2.23. The molecule has 10 heteroatoms. The number of benzene rings is 2. The monoisotopic (exact) mass is 596 g/mol. The van der Waals surface area contributed by atoms with E-state index in [1.165, 1.54) is 0 Å². The van der Waals surface area contributed by atoms with Crippen molar-refractivity contribution in [3.63, 3.8) is 0 Å². The molecule has 0 amide bonds. The van der Waals surface area contributed by atoms with Gasteiger partial charge in [0, 0.05) is 28.7 Å². The molecule has 2 aromatic rings. The minimum Gasteiger partial charge on any atom is -0.490 e. The highest BCUT2D eigenvalue weighted by atomic mass is 16.6. The molecular formula is C33H40O10. The summed E-state index contributed by atoms with van der Waals surface area (Å²) in [6.45, 7) is 21.4. The minimum absolute atomic E-state index is 0.170. The lowest BCUT2D eigenvalue weighted by Crippen LogP contribution is -2.19. The van der Waals surface area contributed by atoms with Gasteiger partial charge in [0.2, 0.25) is 0 Å². The summed E-state index contributed by atoms with van der Waals surface area (Å²) in [6.07, 6.45) is 1.67. The average molecular weight is 597 g/mol. The summed E-state index contributed by atoms with van der Waals surface area (Å²) < 4.78 is 21.3. The number of carboxylic acid groups (broad SMARTS) is 2. The molecule has 0 aliphatic carbocycles. The number of hydrogen-bond acceptors (Lipinski definition) is 8. The number of hydrogen-bond donors (Lipinski definition) is 2. The average Bonchev–Trinajstić information content (AvgIpc) is 2.98. The zero-order valence-corrected chi connectivity index (χ0v) is 25.1. The molecular weight excluding hydrogens is 556 g/mol. The van der Waals surface area contributed by atoms with Gasteiger partial charge in [0.05, 0.1) is 0 Å². The molecule has 0 saturated heterocycles. The molecule has 0 spiro atoms. The van der Waals surface area contributed by atoms with Crippen LogP contribution in [0, 0.1) is 0 Å². The van der Waals surface area contributed by atoms with E-state index in [2.05, 4.69) is 40.2 Å². The van der Waals surface area contributed by atoms with Crippen molar-refractivity contribution in [3.05, 3.63) is 109 Å². The van der Waals surface area contributed by atoms with Gasteiger partial charge >= 0.3 is 23.9 Å². The fraction of sp³-hybridized carbons (Fsp3) is 0.273. The second-order valence-corrected chi connectivity index (χ2v) is 9.29. The lowest BCUT2D eigenvalue weighted by atomic mass is 9.78. The Labute approximate surface area is 252 Å². The molecule has 43 heavy (non-hydrogen) atoms. The maximum Gasteiger partial charge on any atom is 0.333 e. The molecule has 0 saturated carbocycles. The highest BCUT2D eigenvalue weighted by Crippen LogP contribution is 2.33. The molecule has 0 aliphatic rings. The minimum atomic E-state index is -0.981. The lowest BCUT2D eigenvalue weighted by molar-refractivity contribution is -0.140. The van der Waals surface area contributed by atoms with Gasteiger partial charge in [-0.25, -0.2) is 19.2 Å². The smallest absolute Gasteiger partial charge is 0.333 e. The molecule has 232 valence electrons. The predicted octanol–water partition coefficient (Wildman–Crippen LogP) is 5.52. The zero-order valence-electron chi connectivity index (χ0n) is 25.1. The summed E-state index contributed by atoms with van der Waals surface area (Å²) in [5.74, 6) is -1.39. The SMILES string of the molecule is C=C(C)C(=O)OCCOc1ccc(C(C)(C)c2ccc(OCCOC(=O)C(=C)C)cc2)cc1.C=CC(=O)O.C=CC(=O)O. The van der Waals surface area contributed by atoms with Crippen LogP contribution in [0.2, 0.25) is 0 Å². The summed E-state index contributed by atoms with van der Waals surface area (Å²) in [6, 6.07) is 15.7. The first-order chi connectivity index (χ1) is 20.1. The summed E-state index contributed by atoms with van der Waals surface area (Å²) >= 11 is 0. The van der Waals surface area contributed by atoms with E-state index in [-0.39, 0.29) is 31.8 Å². The van der Waals surface area contributed by atoms with Crippen LogP contribution in [0.5, 0.6) is 11.5 Å². The van der Waals surface area contributed by atoms with Crippen LogP contribution in [0.3, 0.4) is 0 Å². The lowest BCUT2D eigenvalue weighted by Gasteiger charge is -2.26. The largest absolute Gasteiger partial charge is 0.490 e. The van der Waals surface area contributed by atoms with Gasteiger partial charge in [0.15, 0.2) is 0 Å². The molecule has 0 aromatic heterocycles. The third kappa shape index (κ3) is 16.0. The number of carboxylic acids is 2. The molecule has 0 radical (unpaired) electrons. The molecule has 0 unspecified atom stereocenters. The van der Waals surface area contributed by atoms with Crippen LogP contribution >= 0.6 is 0 Å². The van der Waals surface area contributed by atoms with Crippen molar-refractivity contribution >= 4 is 23.9 Å². The Hall–Kier alpha value is -5.12. The van der Waals surface area contributed by atoms with Crippen molar-refractivity contribution in [1.29, 1.82) is 0 Å². The topological polar surface area (TPSA) is 146 Å². The number of esters is 2. The van der Waals surface area contributed by atoms with Gasteiger partial charge in [-0.05, 0) is 49.2 Å². The Kier molecular flexibility index (Phi) is 17.5. The van der Waals surface area contributed by atoms with E-state index < -0.39 is 23.9 Å². The standard InChI is InChI=1S/C27H32O6.2C3H4O2/c1-19(2)25(28)32-17-15-30-23-11-7-21(8-12-23)27(5,6)22-9-13-24(14-10-22)31-16-18-33-26(29)20(3)4;2*1-2-3(4)5/h7-14H,1,3,15-18H2,2,4-6H3;2*2H,1H2,(H,4,5). The van der Waals surface area contributed by atoms with E-state index in [1.807, 2.05) is 48.5 Å². The number of rotatable bonds is 14. The fourth-order valence-electron chi connectivity index (χ4n) is 2.94. The van der Waals surface area contributed by atoms with Gasteiger partial charge in [-0.1, -0.05) is 64.4 Å². The summed E-state index contributed by atoms with van der Waals surface area (Å²) in [5.41, 5.74) is 2.76. The van der Waals surface area contributed by atoms with Crippen molar-refractivity contribution < 1.29 is 48.3 Å². The predicted molar refractivity (Wildman–Crippen MR) is 163 cm³/mol. The van der Waals surface area contributed by atoms with E-state index in [4.69, 9.17) is 29.2 Å². The quantitative estimate of drug-likeness (QED) is 0.162. The molecule has 0 fully saturated rings. The molecule has 0 aliphatic heterocycles. The van der Waals surface area contributed by atoms with Crippen molar-refractivity contribution in [2.75, 3.05) is 26.4 Å². The Bertz CT molecular complexity index is 1160. The molecule has 2 N–H and O–H groups in total. The fourth-order valence-corrected chi connectivity index (χ4v) is 2.94. The van der Waals surface area contributed by atoms with Crippen molar-refractivity contribution in [2.45, 2.75) is 33.1 Å². The van der Waals surface area contributed by atoms with E-state index >= 15 is 0 Å². The zero-order chi connectivity index (χ0) is 33.0. The summed E-state index contributed by atoms with van der Waals surface area (Å²) in [5, 5.41) is 15.2. The van der Waals surface area contributed by atoms with Crippen LogP contribution in [0.25, 0.3) is 0 Å². The van der Waals surface area contributed by atoms with Crippen LogP contribution in [0.4, 0.5) is 0 Å². The summed E-state index contributed by atoms with van der Waals surface area (Å²) in [7, 11) is 0.